The van der Waals surface area contributed by atoms with Crippen molar-refractivity contribution in [1.82, 2.24) is 16.0 Å². The molecule has 1 saturated carbocycles. The largest absolute Gasteiger partial charge is 0.391 e. The van der Waals surface area contributed by atoms with Gasteiger partial charge in [-0.3, -0.25) is 4.79 Å². The van der Waals surface area contributed by atoms with Gasteiger partial charge in [-0.25, -0.2) is 8.42 Å². The second kappa shape index (κ2) is 9.30. The van der Waals surface area contributed by atoms with Crippen LogP contribution in [-0.4, -0.2) is 50.9 Å². The minimum absolute atomic E-state index is 0.0119. The van der Waals surface area contributed by atoms with Gasteiger partial charge in [0.05, 0.1) is 22.1 Å². The van der Waals surface area contributed by atoms with Gasteiger partial charge in [0, 0.05) is 12.6 Å². The zero-order valence-corrected chi connectivity index (χ0v) is 18.6. The van der Waals surface area contributed by atoms with Crippen LogP contribution in [0.2, 0.25) is 0 Å². The average molecular weight is 474 g/mol. The van der Waals surface area contributed by atoms with E-state index in [4.69, 9.17) is 0 Å². The van der Waals surface area contributed by atoms with Crippen LogP contribution in [0.3, 0.4) is 0 Å². The Morgan fingerprint density at radius 1 is 1.09 bits per heavy atom. The number of fused-ring (bicyclic) bond motifs is 1. The van der Waals surface area contributed by atoms with Crippen LogP contribution in [0.15, 0.2) is 29.2 Å². The maximum Gasteiger partial charge on any atom is 0.391 e. The average Bonchev–Trinajstić information content (AvgIpc) is 3.22. The summed E-state index contributed by atoms with van der Waals surface area (Å²) in [6, 6.07) is 6.24. The fourth-order valence-corrected chi connectivity index (χ4v) is 7.09. The minimum Gasteiger partial charge on any atom is -0.351 e. The molecular weight excluding hydrogens is 443 g/mol. The number of carbonyl (C=O) groups excluding carboxylic acids is 1. The number of benzene rings is 1. The Balaban J connectivity index is 1.33. The molecule has 1 aromatic rings. The third-order valence-electron chi connectivity index (χ3n) is 7.12. The van der Waals surface area contributed by atoms with Crippen molar-refractivity contribution in [3.8, 4) is 0 Å². The van der Waals surface area contributed by atoms with Gasteiger partial charge >= 0.3 is 6.18 Å². The van der Waals surface area contributed by atoms with Gasteiger partial charge in [0.25, 0.3) is 0 Å². The molecule has 2 heterocycles. The number of nitrogens with one attached hydrogen (secondary N) is 3. The van der Waals surface area contributed by atoms with Crippen molar-refractivity contribution >= 4 is 15.7 Å². The molecule has 3 aliphatic rings. The van der Waals surface area contributed by atoms with Crippen LogP contribution in [0.5, 0.6) is 0 Å². The number of alkyl halides is 3. The minimum atomic E-state index is -4.36. The predicted octanol–water partition coefficient (Wildman–Crippen LogP) is 2.54. The Hall–Kier alpha value is -1.65. The van der Waals surface area contributed by atoms with E-state index in [0.717, 1.165) is 31.5 Å². The van der Waals surface area contributed by atoms with E-state index in [1.807, 2.05) is 0 Å². The second-order valence-corrected chi connectivity index (χ2v) is 11.5. The number of piperidine rings is 1. The van der Waals surface area contributed by atoms with Gasteiger partial charge in [-0.1, -0.05) is 18.6 Å². The Labute approximate surface area is 186 Å². The molecular formula is C22H30F3N3O3S. The van der Waals surface area contributed by atoms with Crippen LogP contribution < -0.4 is 16.0 Å². The number of halogens is 3. The van der Waals surface area contributed by atoms with Crippen LogP contribution in [0.1, 0.15) is 44.1 Å². The standard InChI is InChI=1S/C22H30F3N3O3S/c23-22(24,25)16-2-1-3-18(11-16)32(30,31)17-6-4-14(5-7-17)12-27-21(29)20-10-15-13-26-9-8-19(15)28-20/h4-7,15-16,18-20,26,28H,1-3,8-13H2,(H,27,29). The first-order valence-corrected chi connectivity index (χ1v) is 12.8. The number of hydrogen-bond donors (Lipinski definition) is 3. The predicted molar refractivity (Wildman–Crippen MR) is 114 cm³/mol. The van der Waals surface area contributed by atoms with Crippen molar-refractivity contribution in [2.75, 3.05) is 13.1 Å². The fourth-order valence-electron chi connectivity index (χ4n) is 5.23. The smallest absolute Gasteiger partial charge is 0.351 e. The highest BCUT2D eigenvalue weighted by Gasteiger charge is 2.45. The molecule has 0 radical (unpaired) electrons. The molecule has 2 saturated heterocycles. The van der Waals surface area contributed by atoms with Crippen LogP contribution in [0.4, 0.5) is 13.2 Å². The molecule has 10 heteroatoms. The molecule has 4 rings (SSSR count). The number of rotatable bonds is 5. The van der Waals surface area contributed by atoms with Gasteiger partial charge in [0.2, 0.25) is 5.91 Å². The third-order valence-corrected chi connectivity index (χ3v) is 9.36. The summed E-state index contributed by atoms with van der Waals surface area (Å²) in [5.41, 5.74) is 0.742. The fraction of sp³-hybridized carbons (Fsp3) is 0.682. The van der Waals surface area contributed by atoms with Gasteiger partial charge in [0.1, 0.15) is 0 Å². The SMILES string of the molecule is O=C(NCc1ccc(S(=O)(=O)C2CCCC(C(F)(F)F)C2)cc1)C1CC2CNCCC2N1. The van der Waals surface area contributed by atoms with Crippen molar-refractivity contribution in [3.63, 3.8) is 0 Å². The van der Waals surface area contributed by atoms with E-state index in [1.165, 1.54) is 12.1 Å². The Morgan fingerprint density at radius 3 is 2.53 bits per heavy atom. The van der Waals surface area contributed by atoms with Gasteiger partial charge in [-0.15, -0.1) is 0 Å². The van der Waals surface area contributed by atoms with E-state index in [9.17, 15) is 26.4 Å². The van der Waals surface area contributed by atoms with Gasteiger partial charge in [-0.2, -0.15) is 13.2 Å². The molecule has 0 aromatic heterocycles. The number of carbonyl (C=O) groups is 1. The summed E-state index contributed by atoms with van der Waals surface area (Å²) in [6.07, 6.45) is -2.45. The second-order valence-electron chi connectivity index (χ2n) is 9.25. The lowest BCUT2D eigenvalue weighted by molar-refractivity contribution is -0.181. The molecule has 1 aromatic carbocycles. The molecule has 5 unspecified atom stereocenters. The summed E-state index contributed by atoms with van der Waals surface area (Å²) in [6.45, 7) is 2.14. The summed E-state index contributed by atoms with van der Waals surface area (Å²) in [5.74, 6) is -1.17. The maximum absolute atomic E-state index is 13.1. The molecule has 3 N–H and O–H groups in total. The van der Waals surface area contributed by atoms with Crippen LogP contribution in [-0.2, 0) is 21.2 Å². The highest BCUT2D eigenvalue weighted by Crippen LogP contribution is 2.40. The zero-order valence-electron chi connectivity index (χ0n) is 17.8. The van der Waals surface area contributed by atoms with E-state index in [0.29, 0.717) is 12.0 Å². The number of hydrogen-bond acceptors (Lipinski definition) is 5. The molecule has 178 valence electrons. The molecule has 6 nitrogen and oxygen atoms in total. The summed E-state index contributed by atoms with van der Waals surface area (Å²) >= 11 is 0. The van der Waals surface area contributed by atoms with E-state index < -0.39 is 27.2 Å². The Morgan fingerprint density at radius 2 is 1.84 bits per heavy atom. The van der Waals surface area contributed by atoms with E-state index in [1.54, 1.807) is 12.1 Å². The van der Waals surface area contributed by atoms with Crippen LogP contribution in [0.25, 0.3) is 0 Å². The molecule has 5 atom stereocenters. The normalized spacial score (nSPS) is 31.2. The van der Waals surface area contributed by atoms with Crippen molar-refractivity contribution in [2.45, 2.75) is 73.5 Å². The molecule has 3 fully saturated rings. The van der Waals surface area contributed by atoms with Crippen molar-refractivity contribution in [3.05, 3.63) is 29.8 Å². The molecule has 32 heavy (non-hydrogen) atoms. The van der Waals surface area contributed by atoms with Crippen molar-refractivity contribution in [2.24, 2.45) is 11.8 Å². The Kier molecular flexibility index (Phi) is 6.84. The summed E-state index contributed by atoms with van der Waals surface area (Å²) in [7, 11) is -3.83. The molecule has 0 spiro atoms. The molecule has 2 aliphatic heterocycles. The van der Waals surface area contributed by atoms with Crippen LogP contribution >= 0.6 is 0 Å². The van der Waals surface area contributed by atoms with Gasteiger partial charge in [0.15, 0.2) is 9.84 Å². The van der Waals surface area contributed by atoms with Crippen LogP contribution in [0, 0.1) is 11.8 Å². The molecule has 1 aliphatic carbocycles. The zero-order chi connectivity index (χ0) is 22.9. The highest BCUT2D eigenvalue weighted by molar-refractivity contribution is 7.92. The quantitative estimate of drug-likeness (QED) is 0.612. The van der Waals surface area contributed by atoms with Crippen molar-refractivity contribution in [1.29, 1.82) is 0 Å². The third kappa shape index (κ3) is 5.12. The summed E-state index contributed by atoms with van der Waals surface area (Å²) in [5, 5.41) is 8.63. The molecule has 1 amide bonds. The summed E-state index contributed by atoms with van der Waals surface area (Å²) < 4.78 is 65.0. The van der Waals surface area contributed by atoms with E-state index in [2.05, 4.69) is 16.0 Å². The van der Waals surface area contributed by atoms with Gasteiger partial charge in [-0.05, 0) is 68.8 Å². The first-order chi connectivity index (χ1) is 15.1. The lowest BCUT2D eigenvalue weighted by atomic mass is 9.88. The molecule has 0 bridgehead atoms. The highest BCUT2D eigenvalue weighted by atomic mass is 32.2. The van der Waals surface area contributed by atoms with Gasteiger partial charge < -0.3 is 16.0 Å². The lowest BCUT2D eigenvalue weighted by Crippen LogP contribution is -2.45. The monoisotopic (exact) mass is 473 g/mol. The first kappa shape index (κ1) is 23.5. The van der Waals surface area contributed by atoms with Crippen molar-refractivity contribution < 1.29 is 26.4 Å². The summed E-state index contributed by atoms with van der Waals surface area (Å²) in [4.78, 5) is 12.6. The van der Waals surface area contributed by atoms with E-state index in [-0.39, 0.29) is 49.1 Å². The van der Waals surface area contributed by atoms with E-state index >= 15 is 0 Å². The topological polar surface area (TPSA) is 87.3 Å². The maximum atomic E-state index is 13.1. The number of sulfone groups is 1. The lowest BCUT2D eigenvalue weighted by Gasteiger charge is -2.30. The first-order valence-electron chi connectivity index (χ1n) is 11.3. The number of amides is 1. The Bertz CT molecular complexity index is 907.